The number of anilines is 1. The fourth-order valence-corrected chi connectivity index (χ4v) is 3.59. The van der Waals surface area contributed by atoms with Crippen molar-refractivity contribution in [2.45, 2.75) is 44.8 Å². The van der Waals surface area contributed by atoms with Crippen LogP contribution in [0.1, 0.15) is 53.8 Å². The Balaban J connectivity index is 1.54. The molecule has 1 heterocycles. The lowest BCUT2D eigenvalue weighted by molar-refractivity contribution is -0.141. The van der Waals surface area contributed by atoms with E-state index in [1.165, 1.54) is 11.6 Å². The normalized spacial score (nSPS) is 14.0. The highest BCUT2D eigenvalue weighted by molar-refractivity contribution is 7.80. The minimum atomic E-state index is -4.57. The molecule has 0 amide bonds. The number of carbonyl (C=O) groups is 1. The first-order valence-electron chi connectivity index (χ1n) is 9.16. The summed E-state index contributed by atoms with van der Waals surface area (Å²) in [7, 11) is 0. The van der Waals surface area contributed by atoms with Gasteiger partial charge in [-0.2, -0.15) is 18.3 Å². The van der Waals surface area contributed by atoms with Crippen molar-refractivity contribution in [3.63, 3.8) is 0 Å². The van der Waals surface area contributed by atoms with Gasteiger partial charge in [0, 0.05) is 30.3 Å². The highest BCUT2D eigenvalue weighted by Crippen LogP contribution is 2.46. The van der Waals surface area contributed by atoms with Crippen LogP contribution in [0, 0.1) is 0 Å². The molecule has 29 heavy (non-hydrogen) atoms. The molecular formula is C19H20ClF3N4OS. The fraction of sp³-hybridized carbons (Fsp3) is 0.421. The van der Waals surface area contributed by atoms with E-state index in [9.17, 15) is 18.0 Å². The molecule has 2 aromatic rings. The van der Waals surface area contributed by atoms with Gasteiger partial charge in [0.1, 0.15) is 0 Å². The monoisotopic (exact) mass is 444 g/mol. The predicted molar refractivity (Wildman–Crippen MR) is 110 cm³/mol. The Morgan fingerprint density at radius 3 is 2.72 bits per heavy atom. The second kappa shape index (κ2) is 8.71. The molecule has 10 heteroatoms. The number of nitrogens with zero attached hydrogens (tertiary/aromatic N) is 2. The smallest absolute Gasteiger partial charge is 0.362 e. The van der Waals surface area contributed by atoms with Crippen LogP contribution >= 0.6 is 23.8 Å². The average molecular weight is 445 g/mol. The summed E-state index contributed by atoms with van der Waals surface area (Å²) < 4.78 is 40.6. The number of rotatable bonds is 7. The van der Waals surface area contributed by atoms with E-state index >= 15 is 0 Å². The van der Waals surface area contributed by atoms with Crippen molar-refractivity contribution in [3.05, 3.63) is 46.2 Å². The maximum absolute atomic E-state index is 13.1. The molecule has 156 valence electrons. The van der Waals surface area contributed by atoms with Crippen molar-refractivity contribution < 1.29 is 18.0 Å². The summed E-state index contributed by atoms with van der Waals surface area (Å²) in [4.78, 5) is 11.4. The van der Waals surface area contributed by atoms with Crippen molar-refractivity contribution in [1.82, 2.24) is 15.1 Å². The third kappa shape index (κ3) is 5.48. The minimum absolute atomic E-state index is 0.0462. The summed E-state index contributed by atoms with van der Waals surface area (Å²) >= 11 is 11.2. The average Bonchev–Trinajstić information content (AvgIpc) is 3.41. The van der Waals surface area contributed by atoms with Crippen LogP contribution < -0.4 is 10.6 Å². The van der Waals surface area contributed by atoms with E-state index < -0.39 is 11.9 Å². The van der Waals surface area contributed by atoms with E-state index in [1.54, 1.807) is 24.3 Å². The number of ketones is 1. The van der Waals surface area contributed by atoms with Crippen LogP contribution in [0.15, 0.2) is 24.3 Å². The van der Waals surface area contributed by atoms with Crippen molar-refractivity contribution in [1.29, 1.82) is 0 Å². The zero-order chi connectivity index (χ0) is 21.2. The first kappa shape index (κ1) is 21.6. The van der Waals surface area contributed by atoms with Crippen molar-refractivity contribution >= 4 is 40.4 Å². The number of hydrogen-bond acceptors (Lipinski definition) is 3. The predicted octanol–water partition coefficient (Wildman–Crippen LogP) is 5.01. The molecule has 0 unspecified atom stereocenters. The number of aromatic nitrogens is 2. The van der Waals surface area contributed by atoms with Crippen LogP contribution in [-0.2, 0) is 12.7 Å². The van der Waals surface area contributed by atoms with Gasteiger partial charge >= 0.3 is 6.18 Å². The molecule has 0 saturated heterocycles. The molecule has 1 aliphatic carbocycles. The van der Waals surface area contributed by atoms with Gasteiger partial charge in [-0.3, -0.25) is 9.48 Å². The van der Waals surface area contributed by atoms with Crippen LogP contribution in [0.4, 0.5) is 18.9 Å². The van der Waals surface area contributed by atoms with Gasteiger partial charge in [-0.25, -0.2) is 0 Å². The number of Topliss-reactive ketones (excluding diaryl/α,β-unsaturated/α-hetero) is 1. The molecule has 0 radical (unpaired) electrons. The number of alkyl halides is 3. The minimum Gasteiger partial charge on any atom is -0.362 e. The summed E-state index contributed by atoms with van der Waals surface area (Å²) in [6, 6.07) is 6.95. The number of benzene rings is 1. The molecule has 0 atom stereocenters. The molecular weight excluding hydrogens is 425 g/mol. The van der Waals surface area contributed by atoms with E-state index in [0.29, 0.717) is 41.6 Å². The summed E-state index contributed by atoms with van der Waals surface area (Å²) in [5, 5.41) is 9.78. The van der Waals surface area contributed by atoms with E-state index in [1.807, 2.05) is 0 Å². The SMILES string of the molecule is CC(=O)c1cccc(NC(=S)NCCCn2nc(C(F)(F)F)c(Cl)c2C2CC2)c1. The number of carbonyl (C=O) groups excluding carboxylic acids is 1. The lowest BCUT2D eigenvalue weighted by atomic mass is 10.1. The third-order valence-electron chi connectivity index (χ3n) is 4.52. The standard InChI is InChI=1S/C19H20ClF3N4OS/c1-11(28)13-4-2-5-14(10-13)25-18(29)24-8-3-9-27-16(12-6-7-12)15(20)17(26-27)19(21,22)23/h2,4-5,10,12H,3,6-9H2,1H3,(H2,24,25,29). The zero-order valence-corrected chi connectivity index (χ0v) is 17.2. The highest BCUT2D eigenvalue weighted by Gasteiger charge is 2.41. The van der Waals surface area contributed by atoms with Crippen molar-refractivity contribution in [2.75, 3.05) is 11.9 Å². The van der Waals surface area contributed by atoms with Crippen molar-refractivity contribution in [2.24, 2.45) is 0 Å². The maximum atomic E-state index is 13.1. The van der Waals surface area contributed by atoms with Crippen LogP contribution in [-0.4, -0.2) is 27.2 Å². The quantitative estimate of drug-likeness (QED) is 0.357. The first-order chi connectivity index (χ1) is 13.7. The number of halogens is 4. The molecule has 0 bridgehead atoms. The molecule has 1 aromatic carbocycles. The number of hydrogen-bond donors (Lipinski definition) is 2. The summed E-state index contributed by atoms with van der Waals surface area (Å²) in [5.74, 6) is 0.00505. The topological polar surface area (TPSA) is 59.0 Å². The Morgan fingerprint density at radius 2 is 2.10 bits per heavy atom. The Bertz CT molecular complexity index is 925. The number of thiocarbonyl (C=S) groups is 1. The second-order valence-corrected chi connectivity index (χ2v) is 7.70. The molecule has 1 saturated carbocycles. The van der Waals surface area contributed by atoms with Gasteiger partial charge in [-0.05, 0) is 50.5 Å². The van der Waals surface area contributed by atoms with Crippen LogP contribution in [0.2, 0.25) is 5.02 Å². The Hall–Kier alpha value is -2.13. The van der Waals surface area contributed by atoms with E-state index in [4.69, 9.17) is 23.8 Å². The second-order valence-electron chi connectivity index (χ2n) is 6.91. The van der Waals surface area contributed by atoms with Gasteiger partial charge < -0.3 is 10.6 Å². The zero-order valence-electron chi connectivity index (χ0n) is 15.6. The number of nitrogens with one attached hydrogen (secondary N) is 2. The van der Waals surface area contributed by atoms with Gasteiger partial charge in [-0.1, -0.05) is 23.7 Å². The van der Waals surface area contributed by atoms with E-state index in [-0.39, 0.29) is 16.7 Å². The third-order valence-corrected chi connectivity index (χ3v) is 5.14. The lowest BCUT2D eigenvalue weighted by Crippen LogP contribution is -2.30. The van der Waals surface area contributed by atoms with E-state index in [0.717, 1.165) is 12.8 Å². The van der Waals surface area contributed by atoms with Crippen molar-refractivity contribution in [3.8, 4) is 0 Å². The lowest BCUT2D eigenvalue weighted by Gasteiger charge is -2.12. The highest BCUT2D eigenvalue weighted by atomic mass is 35.5. The van der Waals surface area contributed by atoms with E-state index in [2.05, 4.69) is 15.7 Å². The molecule has 0 aliphatic heterocycles. The largest absolute Gasteiger partial charge is 0.436 e. The Morgan fingerprint density at radius 1 is 1.38 bits per heavy atom. The van der Waals surface area contributed by atoms with Gasteiger partial charge in [0.15, 0.2) is 16.6 Å². The molecule has 1 fully saturated rings. The number of aryl methyl sites for hydroxylation is 1. The molecule has 3 rings (SSSR count). The van der Waals surface area contributed by atoms with Crippen LogP contribution in [0.5, 0.6) is 0 Å². The van der Waals surface area contributed by atoms with Gasteiger partial charge in [0.05, 0.1) is 10.7 Å². The summed E-state index contributed by atoms with van der Waals surface area (Å²) in [6.45, 7) is 2.23. The van der Waals surface area contributed by atoms with Crippen LogP contribution in [0.25, 0.3) is 0 Å². The Labute approximate surface area is 176 Å². The van der Waals surface area contributed by atoms with Gasteiger partial charge in [0.2, 0.25) is 0 Å². The first-order valence-corrected chi connectivity index (χ1v) is 9.94. The molecule has 5 nitrogen and oxygen atoms in total. The van der Waals surface area contributed by atoms with Gasteiger partial charge in [-0.15, -0.1) is 0 Å². The maximum Gasteiger partial charge on any atom is 0.436 e. The molecule has 1 aliphatic rings. The molecule has 1 aromatic heterocycles. The van der Waals surface area contributed by atoms with Crippen LogP contribution in [0.3, 0.4) is 0 Å². The van der Waals surface area contributed by atoms with Gasteiger partial charge in [0.25, 0.3) is 0 Å². The summed E-state index contributed by atoms with van der Waals surface area (Å²) in [6.07, 6.45) is -2.39. The Kier molecular flexibility index (Phi) is 6.48. The molecule has 0 spiro atoms. The summed E-state index contributed by atoms with van der Waals surface area (Å²) in [5.41, 5.74) is 0.707. The molecule has 2 N–H and O–H groups in total. The fourth-order valence-electron chi connectivity index (χ4n) is 2.97.